The summed E-state index contributed by atoms with van der Waals surface area (Å²) < 4.78 is 17.4. The highest BCUT2D eigenvalue weighted by Crippen LogP contribution is 2.43. The summed E-state index contributed by atoms with van der Waals surface area (Å²) in [6.07, 6.45) is 0.698. The topological polar surface area (TPSA) is 27.7 Å². The SMILES string of the molecule is COc1ccc(CP(Oc2ccccc2)Oc2ccccc2)cc1. The van der Waals surface area contributed by atoms with Crippen LogP contribution in [0.1, 0.15) is 5.56 Å². The molecule has 0 spiro atoms. The highest BCUT2D eigenvalue weighted by molar-refractivity contribution is 7.47. The lowest BCUT2D eigenvalue weighted by Crippen LogP contribution is -1.99. The normalized spacial score (nSPS) is 10.4. The Kier molecular flexibility index (Phi) is 5.70. The van der Waals surface area contributed by atoms with E-state index in [9.17, 15) is 0 Å². The molecule has 0 heterocycles. The average Bonchev–Trinajstić information content (AvgIpc) is 2.64. The van der Waals surface area contributed by atoms with Crippen LogP contribution < -0.4 is 13.8 Å². The molecule has 0 aliphatic carbocycles. The lowest BCUT2D eigenvalue weighted by molar-refractivity contribution is 0.414. The van der Waals surface area contributed by atoms with Crippen molar-refractivity contribution in [2.45, 2.75) is 6.16 Å². The van der Waals surface area contributed by atoms with E-state index in [0.29, 0.717) is 6.16 Å². The Balaban J connectivity index is 1.75. The van der Waals surface area contributed by atoms with Crippen LogP contribution in [0.5, 0.6) is 17.2 Å². The summed E-state index contributed by atoms with van der Waals surface area (Å²) in [4.78, 5) is 0. The van der Waals surface area contributed by atoms with E-state index in [-0.39, 0.29) is 0 Å². The smallest absolute Gasteiger partial charge is 0.295 e. The van der Waals surface area contributed by atoms with Gasteiger partial charge in [0.15, 0.2) is 0 Å². The predicted octanol–water partition coefficient (Wildman–Crippen LogP) is 5.67. The third-order valence-corrected chi connectivity index (χ3v) is 4.82. The molecule has 3 aromatic rings. The van der Waals surface area contributed by atoms with E-state index in [2.05, 4.69) is 0 Å². The lowest BCUT2D eigenvalue weighted by atomic mass is 10.2. The maximum atomic E-state index is 6.09. The van der Waals surface area contributed by atoms with Gasteiger partial charge in [-0.05, 0) is 42.0 Å². The summed E-state index contributed by atoms with van der Waals surface area (Å²) >= 11 is 0. The fourth-order valence-electron chi connectivity index (χ4n) is 2.16. The number of para-hydroxylation sites is 2. The molecule has 0 saturated heterocycles. The molecule has 0 bridgehead atoms. The van der Waals surface area contributed by atoms with Crippen LogP contribution >= 0.6 is 8.38 Å². The van der Waals surface area contributed by atoms with Gasteiger partial charge in [0.1, 0.15) is 17.2 Å². The summed E-state index contributed by atoms with van der Waals surface area (Å²) in [6, 6.07) is 27.5. The van der Waals surface area contributed by atoms with Crippen molar-refractivity contribution in [3.05, 3.63) is 90.5 Å². The van der Waals surface area contributed by atoms with Crippen molar-refractivity contribution < 1.29 is 13.8 Å². The second-order valence-corrected chi connectivity index (χ2v) is 6.49. The third kappa shape index (κ3) is 4.74. The minimum absolute atomic E-state index is 0.698. The van der Waals surface area contributed by atoms with Crippen LogP contribution in [0.15, 0.2) is 84.9 Å². The molecule has 3 aromatic carbocycles. The lowest BCUT2D eigenvalue weighted by Gasteiger charge is -2.19. The van der Waals surface area contributed by atoms with Gasteiger partial charge in [0.05, 0.1) is 13.3 Å². The van der Waals surface area contributed by atoms with Crippen LogP contribution in [0.25, 0.3) is 0 Å². The fourth-order valence-corrected chi connectivity index (χ4v) is 3.55. The first-order valence-electron chi connectivity index (χ1n) is 7.70. The summed E-state index contributed by atoms with van der Waals surface area (Å²) in [7, 11) is 0.521. The number of ether oxygens (including phenoxy) is 1. The quantitative estimate of drug-likeness (QED) is 0.520. The Morgan fingerprint density at radius 2 is 1.12 bits per heavy atom. The van der Waals surface area contributed by atoms with Gasteiger partial charge in [0.25, 0.3) is 8.38 Å². The zero-order valence-electron chi connectivity index (χ0n) is 13.5. The molecule has 3 nitrogen and oxygen atoms in total. The Bertz CT molecular complexity index is 688. The summed E-state index contributed by atoms with van der Waals surface area (Å²) in [5.74, 6) is 2.47. The molecule has 122 valence electrons. The monoisotopic (exact) mass is 338 g/mol. The number of rotatable bonds is 7. The molecular formula is C20H19O3P. The van der Waals surface area contributed by atoms with E-state index in [1.807, 2.05) is 84.9 Å². The summed E-state index contributed by atoms with van der Waals surface area (Å²) in [5, 5.41) is 0. The van der Waals surface area contributed by atoms with E-state index in [1.54, 1.807) is 7.11 Å². The predicted molar refractivity (Wildman–Crippen MR) is 97.8 cm³/mol. The molecule has 0 aliphatic rings. The van der Waals surface area contributed by atoms with Gasteiger partial charge in [-0.2, -0.15) is 0 Å². The van der Waals surface area contributed by atoms with Crippen LogP contribution in [-0.4, -0.2) is 7.11 Å². The fraction of sp³-hybridized carbons (Fsp3) is 0.100. The van der Waals surface area contributed by atoms with Gasteiger partial charge in [0.2, 0.25) is 0 Å². The van der Waals surface area contributed by atoms with E-state index < -0.39 is 8.38 Å². The number of hydrogen-bond acceptors (Lipinski definition) is 3. The van der Waals surface area contributed by atoms with E-state index in [4.69, 9.17) is 13.8 Å². The molecule has 0 radical (unpaired) electrons. The maximum Gasteiger partial charge on any atom is 0.295 e. The first-order chi connectivity index (χ1) is 11.8. The minimum Gasteiger partial charge on any atom is -0.497 e. The van der Waals surface area contributed by atoms with Gasteiger partial charge in [0, 0.05) is 0 Å². The van der Waals surface area contributed by atoms with Crippen LogP contribution in [0.2, 0.25) is 0 Å². The van der Waals surface area contributed by atoms with Gasteiger partial charge < -0.3 is 13.8 Å². The van der Waals surface area contributed by atoms with Gasteiger partial charge >= 0.3 is 0 Å². The number of methoxy groups -OCH3 is 1. The van der Waals surface area contributed by atoms with Crippen LogP contribution in [-0.2, 0) is 6.16 Å². The minimum atomic E-state index is -1.14. The zero-order valence-corrected chi connectivity index (χ0v) is 14.4. The molecule has 0 saturated carbocycles. The number of benzene rings is 3. The highest BCUT2D eigenvalue weighted by Gasteiger charge is 2.16. The van der Waals surface area contributed by atoms with Crippen molar-refractivity contribution in [2.24, 2.45) is 0 Å². The molecular weight excluding hydrogens is 319 g/mol. The molecule has 0 fully saturated rings. The molecule has 0 amide bonds. The Labute approximate surface area is 143 Å². The third-order valence-electron chi connectivity index (χ3n) is 3.37. The standard InChI is InChI=1S/C20H19O3P/c1-21-18-14-12-17(13-15-18)16-24(22-19-8-4-2-5-9-19)23-20-10-6-3-7-11-20/h2-15H,16H2,1H3. The van der Waals surface area contributed by atoms with Gasteiger partial charge in [-0.1, -0.05) is 48.5 Å². The van der Waals surface area contributed by atoms with Gasteiger partial charge in [-0.15, -0.1) is 0 Å². The van der Waals surface area contributed by atoms with Crippen molar-refractivity contribution in [3.63, 3.8) is 0 Å². The van der Waals surface area contributed by atoms with Gasteiger partial charge in [-0.25, -0.2) is 0 Å². The second kappa shape index (κ2) is 8.37. The average molecular weight is 338 g/mol. The zero-order chi connectivity index (χ0) is 16.6. The first kappa shape index (κ1) is 16.4. The molecule has 3 rings (SSSR count). The van der Waals surface area contributed by atoms with Crippen molar-refractivity contribution in [3.8, 4) is 17.2 Å². The molecule has 0 aliphatic heterocycles. The molecule has 24 heavy (non-hydrogen) atoms. The summed E-state index contributed by atoms with van der Waals surface area (Å²) in [5.41, 5.74) is 1.15. The van der Waals surface area contributed by atoms with Crippen LogP contribution in [0.3, 0.4) is 0 Å². The first-order valence-corrected chi connectivity index (χ1v) is 9.06. The second-order valence-electron chi connectivity index (χ2n) is 5.15. The van der Waals surface area contributed by atoms with Crippen molar-refractivity contribution in [1.29, 1.82) is 0 Å². The van der Waals surface area contributed by atoms with Gasteiger partial charge in [-0.3, -0.25) is 0 Å². The van der Waals surface area contributed by atoms with E-state index in [0.717, 1.165) is 22.8 Å². The van der Waals surface area contributed by atoms with Crippen LogP contribution in [0.4, 0.5) is 0 Å². The van der Waals surface area contributed by atoms with Crippen molar-refractivity contribution in [1.82, 2.24) is 0 Å². The van der Waals surface area contributed by atoms with Crippen LogP contribution in [0, 0.1) is 0 Å². The number of hydrogen-bond donors (Lipinski definition) is 0. The van der Waals surface area contributed by atoms with Crippen molar-refractivity contribution in [2.75, 3.05) is 7.11 Å². The molecule has 0 aromatic heterocycles. The molecule has 0 atom stereocenters. The Hall–Kier alpha value is -2.51. The highest BCUT2D eigenvalue weighted by atomic mass is 31.2. The largest absolute Gasteiger partial charge is 0.497 e. The molecule has 0 N–H and O–H groups in total. The molecule has 4 heteroatoms. The Morgan fingerprint density at radius 3 is 1.58 bits per heavy atom. The molecule has 0 unspecified atom stereocenters. The van der Waals surface area contributed by atoms with E-state index in [1.165, 1.54) is 0 Å². The van der Waals surface area contributed by atoms with Crippen molar-refractivity contribution >= 4 is 8.38 Å². The van der Waals surface area contributed by atoms with E-state index >= 15 is 0 Å². The Morgan fingerprint density at radius 1 is 0.625 bits per heavy atom. The maximum absolute atomic E-state index is 6.09. The summed E-state index contributed by atoms with van der Waals surface area (Å²) in [6.45, 7) is 0.